The van der Waals surface area contributed by atoms with Crippen LogP contribution in [0.15, 0.2) is 36.4 Å². The quantitative estimate of drug-likeness (QED) is 0.641. The average molecular weight is 174 g/mol. The highest BCUT2D eigenvalue weighted by Crippen LogP contribution is 2.04. The van der Waals surface area contributed by atoms with Crippen molar-refractivity contribution in [2.24, 2.45) is 5.92 Å². The van der Waals surface area contributed by atoms with Crippen molar-refractivity contribution in [3.05, 3.63) is 42.0 Å². The van der Waals surface area contributed by atoms with Crippen molar-refractivity contribution in [3.8, 4) is 0 Å². The highest BCUT2D eigenvalue weighted by atomic mass is 16.1. The molecule has 0 aliphatic heterocycles. The van der Waals surface area contributed by atoms with Crippen molar-refractivity contribution >= 4 is 12.4 Å². The van der Waals surface area contributed by atoms with Crippen molar-refractivity contribution in [1.82, 2.24) is 0 Å². The van der Waals surface area contributed by atoms with Crippen LogP contribution in [-0.4, -0.2) is 6.29 Å². The minimum absolute atomic E-state index is 0.125. The molecule has 0 saturated heterocycles. The molecule has 0 aliphatic rings. The van der Waals surface area contributed by atoms with Crippen LogP contribution in [0.3, 0.4) is 0 Å². The number of hydrogen-bond acceptors (Lipinski definition) is 1. The lowest BCUT2D eigenvalue weighted by atomic mass is 10.1. The predicted molar refractivity (Wildman–Crippen MR) is 55.3 cm³/mol. The minimum atomic E-state index is 0.125. The second-order valence-electron chi connectivity index (χ2n) is 3.16. The van der Waals surface area contributed by atoms with Crippen molar-refractivity contribution in [3.63, 3.8) is 0 Å². The van der Waals surface area contributed by atoms with Crippen molar-refractivity contribution in [2.45, 2.75) is 13.3 Å². The summed E-state index contributed by atoms with van der Waals surface area (Å²) in [6.07, 6.45) is 5.88. The van der Waals surface area contributed by atoms with Gasteiger partial charge in [0.1, 0.15) is 6.29 Å². The van der Waals surface area contributed by atoms with E-state index in [4.69, 9.17) is 0 Å². The number of carbonyl (C=O) groups excluding carboxylic acids is 1. The Morgan fingerprint density at radius 2 is 2.00 bits per heavy atom. The van der Waals surface area contributed by atoms with Crippen LogP contribution >= 0.6 is 0 Å². The van der Waals surface area contributed by atoms with E-state index in [0.29, 0.717) is 0 Å². The molecule has 1 aromatic rings. The summed E-state index contributed by atoms with van der Waals surface area (Å²) in [5.41, 5.74) is 1.18. The predicted octanol–water partition coefficient (Wildman–Crippen LogP) is 2.92. The molecule has 0 N–H and O–H groups in total. The van der Waals surface area contributed by atoms with E-state index in [1.54, 1.807) is 0 Å². The van der Waals surface area contributed by atoms with E-state index in [2.05, 4.69) is 0 Å². The first kappa shape index (κ1) is 9.72. The Balaban J connectivity index is 2.45. The number of carbonyl (C=O) groups is 1. The number of aldehydes is 1. The van der Waals surface area contributed by atoms with E-state index in [9.17, 15) is 4.79 Å². The standard InChI is InChI=1S/C12H14O/c1-11(10-13)6-5-9-12-7-3-2-4-8-12/h2-5,7-11H,6H2,1H3. The lowest BCUT2D eigenvalue weighted by molar-refractivity contribution is -0.110. The van der Waals surface area contributed by atoms with E-state index in [1.165, 1.54) is 5.56 Å². The lowest BCUT2D eigenvalue weighted by Crippen LogP contribution is -1.91. The first-order chi connectivity index (χ1) is 6.33. The third-order valence-corrected chi connectivity index (χ3v) is 1.85. The Morgan fingerprint density at radius 1 is 1.31 bits per heavy atom. The van der Waals surface area contributed by atoms with Gasteiger partial charge in [-0.3, -0.25) is 0 Å². The summed E-state index contributed by atoms with van der Waals surface area (Å²) in [5.74, 6) is 0.125. The van der Waals surface area contributed by atoms with E-state index in [0.717, 1.165) is 12.7 Å². The van der Waals surface area contributed by atoms with Gasteiger partial charge in [-0.15, -0.1) is 0 Å². The Morgan fingerprint density at radius 3 is 2.62 bits per heavy atom. The van der Waals surface area contributed by atoms with Crippen LogP contribution in [0.5, 0.6) is 0 Å². The smallest absolute Gasteiger partial charge is 0.123 e. The van der Waals surface area contributed by atoms with Gasteiger partial charge in [0.15, 0.2) is 0 Å². The second kappa shape index (κ2) is 5.31. The zero-order chi connectivity index (χ0) is 9.52. The third-order valence-electron chi connectivity index (χ3n) is 1.85. The normalized spacial score (nSPS) is 13.0. The molecule has 1 heteroatoms. The summed E-state index contributed by atoms with van der Waals surface area (Å²) in [4.78, 5) is 10.3. The Bertz CT molecular complexity index is 274. The first-order valence-corrected chi connectivity index (χ1v) is 4.50. The first-order valence-electron chi connectivity index (χ1n) is 4.50. The van der Waals surface area contributed by atoms with Gasteiger partial charge < -0.3 is 4.79 Å². The summed E-state index contributed by atoms with van der Waals surface area (Å²) in [6.45, 7) is 1.92. The van der Waals surface area contributed by atoms with Gasteiger partial charge in [0, 0.05) is 5.92 Å². The largest absolute Gasteiger partial charge is 0.303 e. The van der Waals surface area contributed by atoms with Gasteiger partial charge in [0.25, 0.3) is 0 Å². The van der Waals surface area contributed by atoms with Gasteiger partial charge in [-0.25, -0.2) is 0 Å². The fourth-order valence-corrected chi connectivity index (χ4v) is 1.04. The molecule has 1 aromatic carbocycles. The summed E-state index contributed by atoms with van der Waals surface area (Å²) < 4.78 is 0. The van der Waals surface area contributed by atoms with Gasteiger partial charge in [0.2, 0.25) is 0 Å². The molecule has 0 aliphatic carbocycles. The SMILES string of the molecule is CC(C=O)CC=Cc1ccccc1. The summed E-state index contributed by atoms with van der Waals surface area (Å²) in [5, 5.41) is 0. The van der Waals surface area contributed by atoms with Gasteiger partial charge in [-0.05, 0) is 12.0 Å². The molecule has 1 unspecified atom stereocenters. The molecule has 0 heterocycles. The van der Waals surface area contributed by atoms with Gasteiger partial charge in [-0.1, -0.05) is 49.4 Å². The van der Waals surface area contributed by atoms with Gasteiger partial charge in [-0.2, -0.15) is 0 Å². The molecule has 1 atom stereocenters. The molecule has 0 spiro atoms. The molecule has 0 amide bonds. The maximum Gasteiger partial charge on any atom is 0.123 e. The van der Waals surface area contributed by atoms with Crippen LogP contribution in [0.4, 0.5) is 0 Å². The molecule has 1 rings (SSSR count). The second-order valence-corrected chi connectivity index (χ2v) is 3.16. The molecular formula is C12H14O. The molecule has 13 heavy (non-hydrogen) atoms. The summed E-state index contributed by atoms with van der Waals surface area (Å²) in [6, 6.07) is 10.1. The number of allylic oxidation sites excluding steroid dienone is 1. The summed E-state index contributed by atoms with van der Waals surface area (Å²) in [7, 11) is 0. The van der Waals surface area contributed by atoms with Crippen LogP contribution in [-0.2, 0) is 4.79 Å². The Kier molecular flexibility index (Phi) is 3.97. The zero-order valence-electron chi connectivity index (χ0n) is 7.81. The molecular weight excluding hydrogens is 160 g/mol. The maximum atomic E-state index is 10.3. The van der Waals surface area contributed by atoms with Gasteiger partial charge in [0.05, 0.1) is 0 Å². The highest BCUT2D eigenvalue weighted by Gasteiger charge is 1.93. The molecule has 0 aromatic heterocycles. The fraction of sp³-hybridized carbons (Fsp3) is 0.250. The molecule has 1 nitrogen and oxygen atoms in total. The maximum absolute atomic E-state index is 10.3. The number of benzene rings is 1. The molecule has 0 bridgehead atoms. The van der Waals surface area contributed by atoms with Crippen LogP contribution in [0.25, 0.3) is 6.08 Å². The fourth-order valence-electron chi connectivity index (χ4n) is 1.04. The van der Waals surface area contributed by atoms with Crippen LogP contribution < -0.4 is 0 Å². The summed E-state index contributed by atoms with van der Waals surface area (Å²) >= 11 is 0. The van der Waals surface area contributed by atoms with Crippen LogP contribution in [0.2, 0.25) is 0 Å². The topological polar surface area (TPSA) is 17.1 Å². The van der Waals surface area contributed by atoms with E-state index in [1.807, 2.05) is 49.4 Å². The Labute approximate surface area is 79.1 Å². The van der Waals surface area contributed by atoms with Gasteiger partial charge >= 0.3 is 0 Å². The van der Waals surface area contributed by atoms with Crippen molar-refractivity contribution in [2.75, 3.05) is 0 Å². The third kappa shape index (κ3) is 3.70. The lowest BCUT2D eigenvalue weighted by Gasteiger charge is -1.95. The molecule has 0 saturated carbocycles. The van der Waals surface area contributed by atoms with Crippen LogP contribution in [0, 0.1) is 5.92 Å². The van der Waals surface area contributed by atoms with Crippen molar-refractivity contribution < 1.29 is 4.79 Å². The monoisotopic (exact) mass is 174 g/mol. The number of rotatable bonds is 4. The van der Waals surface area contributed by atoms with E-state index in [-0.39, 0.29) is 5.92 Å². The average Bonchev–Trinajstić information content (AvgIpc) is 2.19. The van der Waals surface area contributed by atoms with E-state index >= 15 is 0 Å². The number of hydrogen-bond donors (Lipinski definition) is 0. The van der Waals surface area contributed by atoms with Crippen LogP contribution in [0.1, 0.15) is 18.9 Å². The molecule has 0 fully saturated rings. The minimum Gasteiger partial charge on any atom is -0.303 e. The zero-order valence-corrected chi connectivity index (χ0v) is 7.81. The molecule has 68 valence electrons. The molecule has 0 radical (unpaired) electrons. The Hall–Kier alpha value is -1.37. The highest BCUT2D eigenvalue weighted by molar-refractivity contribution is 5.54. The van der Waals surface area contributed by atoms with Crippen molar-refractivity contribution in [1.29, 1.82) is 0 Å². The van der Waals surface area contributed by atoms with E-state index < -0.39 is 0 Å².